The van der Waals surface area contributed by atoms with E-state index in [-0.39, 0.29) is 28.6 Å². The van der Waals surface area contributed by atoms with Crippen molar-refractivity contribution in [3.8, 4) is 0 Å². The van der Waals surface area contributed by atoms with Crippen LogP contribution in [0.2, 0.25) is 0 Å². The van der Waals surface area contributed by atoms with Crippen molar-refractivity contribution in [2.45, 2.75) is 6.42 Å². The Hall–Kier alpha value is -2.50. The van der Waals surface area contributed by atoms with Crippen LogP contribution < -0.4 is 10.6 Å². The first-order valence-electron chi connectivity index (χ1n) is 7.97. The van der Waals surface area contributed by atoms with Gasteiger partial charge in [-0.05, 0) is 30.7 Å². The predicted molar refractivity (Wildman–Crippen MR) is 95.3 cm³/mol. The molecule has 0 amide bonds. The maximum absolute atomic E-state index is 11.8. The van der Waals surface area contributed by atoms with Crippen molar-refractivity contribution in [2.24, 2.45) is 0 Å². The Morgan fingerprint density at radius 2 is 1.23 bits per heavy atom. The largest absolute Gasteiger partial charge is 0.497 e. The second-order valence-electron chi connectivity index (χ2n) is 5.36. The molecule has 7 heteroatoms. The van der Waals surface area contributed by atoms with E-state index in [9.17, 15) is 9.59 Å². The summed E-state index contributed by atoms with van der Waals surface area (Å²) in [6.45, 7) is 1.41. The van der Waals surface area contributed by atoms with Crippen LogP contribution in [0.1, 0.15) is 6.42 Å². The van der Waals surface area contributed by atoms with Crippen LogP contribution in [0.3, 0.4) is 0 Å². The minimum absolute atomic E-state index is 0. The Morgan fingerprint density at radius 1 is 0.808 bits per heavy atom. The molecule has 0 aromatic carbocycles. The Labute approximate surface area is 163 Å². The third-order valence-electron chi connectivity index (χ3n) is 3.60. The van der Waals surface area contributed by atoms with Gasteiger partial charge in [0, 0.05) is 65.9 Å². The van der Waals surface area contributed by atoms with E-state index in [2.05, 4.69) is 10.6 Å². The Balaban J connectivity index is 0.00000338. The van der Waals surface area contributed by atoms with Crippen LogP contribution >= 0.6 is 0 Å². The van der Waals surface area contributed by atoms with Crippen LogP contribution in [0.25, 0.3) is 0 Å². The molecule has 0 heterocycles. The zero-order valence-electron chi connectivity index (χ0n) is 14.7. The summed E-state index contributed by atoms with van der Waals surface area (Å²) >= 11 is 0. The number of carbonyl (C=O) groups excluding carboxylic acids is 2. The molecule has 143 valence electrons. The van der Waals surface area contributed by atoms with Crippen LogP contribution in [0.15, 0.2) is 71.5 Å². The SMILES string of the molecule is COC1=CC(=O)/C(=C\NCCCN/C=C2/C=CC(OC)=CC2=O)C=C1.[67Cu]. The van der Waals surface area contributed by atoms with E-state index in [0.29, 0.717) is 35.8 Å². The van der Waals surface area contributed by atoms with E-state index in [1.54, 1.807) is 36.7 Å². The van der Waals surface area contributed by atoms with Gasteiger partial charge in [0.1, 0.15) is 11.5 Å². The van der Waals surface area contributed by atoms with Gasteiger partial charge in [0.25, 0.3) is 0 Å². The average Bonchev–Trinajstić information content (AvgIpc) is 2.62. The van der Waals surface area contributed by atoms with E-state index in [4.69, 9.17) is 9.47 Å². The maximum Gasteiger partial charge on any atom is 0.190 e. The summed E-state index contributed by atoms with van der Waals surface area (Å²) in [5.74, 6) is 0.943. The monoisotopic (exact) mass is 409 g/mol. The molecule has 2 aliphatic rings. The van der Waals surface area contributed by atoms with Crippen molar-refractivity contribution in [1.29, 1.82) is 0 Å². The van der Waals surface area contributed by atoms with E-state index >= 15 is 0 Å². The van der Waals surface area contributed by atoms with Gasteiger partial charge in [-0.2, -0.15) is 0 Å². The number of carbonyl (C=O) groups is 2. The summed E-state index contributed by atoms with van der Waals surface area (Å²) in [4.78, 5) is 23.6. The number of ketones is 2. The molecule has 0 atom stereocenters. The molecule has 2 rings (SSSR count). The van der Waals surface area contributed by atoms with Crippen LogP contribution in [0.4, 0.5) is 0 Å². The summed E-state index contributed by atoms with van der Waals surface area (Å²) in [5, 5.41) is 6.21. The second kappa shape index (κ2) is 11.2. The molecular formula is C19H22CuN2O4. The van der Waals surface area contributed by atoms with E-state index in [1.807, 2.05) is 0 Å². The van der Waals surface area contributed by atoms with Crippen LogP contribution in [0.5, 0.6) is 0 Å². The molecule has 0 aliphatic heterocycles. The van der Waals surface area contributed by atoms with Crippen molar-refractivity contribution in [3.63, 3.8) is 0 Å². The Bertz CT molecular complexity index is 655. The third-order valence-corrected chi connectivity index (χ3v) is 3.60. The Kier molecular flexibility index (Phi) is 9.26. The summed E-state index contributed by atoms with van der Waals surface area (Å²) in [7, 11) is 3.06. The van der Waals surface area contributed by atoms with E-state index < -0.39 is 0 Å². The van der Waals surface area contributed by atoms with Gasteiger partial charge in [-0.1, -0.05) is 0 Å². The minimum Gasteiger partial charge on any atom is -0.497 e. The van der Waals surface area contributed by atoms with Crippen molar-refractivity contribution in [3.05, 3.63) is 71.5 Å². The van der Waals surface area contributed by atoms with Gasteiger partial charge in [-0.3, -0.25) is 9.59 Å². The standard InChI is InChI=1S/C19H22N2O4.Cu/c1-24-16-6-4-14(18(22)10-16)12-20-8-3-9-21-13-15-5-7-17(25-2)11-19(15)23;/h4-7,10-13,20-21H,3,8-9H2,1-2H3;/b14-12-,15-13-;/i;1+3. The predicted octanol–water partition coefficient (Wildman–Crippen LogP) is 1.66. The topological polar surface area (TPSA) is 76.7 Å². The van der Waals surface area contributed by atoms with E-state index in [0.717, 1.165) is 6.42 Å². The number of methoxy groups -OCH3 is 2. The van der Waals surface area contributed by atoms with Crippen molar-refractivity contribution < 1.29 is 36.1 Å². The van der Waals surface area contributed by atoms with Gasteiger partial charge >= 0.3 is 0 Å². The van der Waals surface area contributed by atoms with Crippen molar-refractivity contribution >= 4 is 11.6 Å². The van der Waals surface area contributed by atoms with Crippen molar-refractivity contribution in [1.82, 2.24) is 10.6 Å². The molecule has 1 radical (unpaired) electrons. The number of allylic oxidation sites excluding steroid dienone is 8. The number of hydrogen-bond donors (Lipinski definition) is 2. The molecule has 0 aromatic rings. The van der Waals surface area contributed by atoms with Crippen LogP contribution in [0, 0.1) is 0 Å². The zero-order chi connectivity index (χ0) is 18.1. The summed E-state index contributed by atoms with van der Waals surface area (Å²) in [5.41, 5.74) is 1.18. The molecule has 2 aliphatic carbocycles. The number of nitrogens with one attached hydrogen (secondary N) is 2. The van der Waals surface area contributed by atoms with Gasteiger partial charge in [0.2, 0.25) is 0 Å². The number of hydrogen-bond acceptors (Lipinski definition) is 6. The quantitative estimate of drug-likeness (QED) is 0.361. The second-order valence-corrected chi connectivity index (χ2v) is 5.36. The fraction of sp³-hybridized carbons (Fsp3) is 0.263. The molecule has 6 nitrogen and oxygen atoms in total. The summed E-state index contributed by atoms with van der Waals surface area (Å²) < 4.78 is 10.0. The molecule has 0 fully saturated rings. The fourth-order valence-corrected chi connectivity index (χ4v) is 2.18. The van der Waals surface area contributed by atoms with Gasteiger partial charge in [-0.15, -0.1) is 0 Å². The normalized spacial score (nSPS) is 19.0. The minimum atomic E-state index is -0.0826. The summed E-state index contributed by atoms with van der Waals surface area (Å²) in [6, 6.07) is 0. The molecule has 0 unspecified atom stereocenters. The first-order chi connectivity index (χ1) is 12.1. The molecule has 0 saturated carbocycles. The molecule has 0 bridgehead atoms. The first-order valence-corrected chi connectivity index (χ1v) is 7.97. The van der Waals surface area contributed by atoms with Gasteiger partial charge in [0.05, 0.1) is 14.2 Å². The molecule has 0 saturated heterocycles. The first kappa shape index (κ1) is 21.5. The molecule has 0 spiro atoms. The maximum atomic E-state index is 11.8. The molecule has 0 aromatic heterocycles. The number of ether oxygens (including phenoxy) is 2. The van der Waals surface area contributed by atoms with Crippen LogP contribution in [-0.4, -0.2) is 38.9 Å². The third kappa shape index (κ3) is 6.42. The zero-order valence-corrected chi connectivity index (χ0v) is 15.6. The van der Waals surface area contributed by atoms with Gasteiger partial charge < -0.3 is 20.1 Å². The van der Waals surface area contributed by atoms with Gasteiger partial charge in [0.15, 0.2) is 11.6 Å². The van der Waals surface area contributed by atoms with Gasteiger partial charge in [-0.25, -0.2) is 0 Å². The number of rotatable bonds is 8. The molecule has 26 heavy (non-hydrogen) atoms. The van der Waals surface area contributed by atoms with Crippen molar-refractivity contribution in [2.75, 3.05) is 27.3 Å². The Morgan fingerprint density at radius 3 is 1.58 bits per heavy atom. The van der Waals surface area contributed by atoms with Crippen LogP contribution in [-0.2, 0) is 36.1 Å². The molecule has 2 N–H and O–H groups in total. The fourth-order valence-electron chi connectivity index (χ4n) is 2.18. The van der Waals surface area contributed by atoms with E-state index in [1.165, 1.54) is 26.4 Å². The average molecular weight is 409 g/mol. The molecular weight excluding hydrogens is 387 g/mol. The smallest absolute Gasteiger partial charge is 0.190 e. The summed E-state index contributed by atoms with van der Waals surface area (Å²) in [6.07, 6.45) is 14.1.